The van der Waals surface area contributed by atoms with Gasteiger partial charge in [-0.25, -0.2) is 0 Å². The van der Waals surface area contributed by atoms with Crippen LogP contribution in [0, 0.1) is 13.8 Å². The van der Waals surface area contributed by atoms with E-state index >= 15 is 0 Å². The molecule has 1 fully saturated rings. The van der Waals surface area contributed by atoms with Crippen molar-refractivity contribution >= 4 is 28.9 Å². The third-order valence-corrected chi connectivity index (χ3v) is 7.42. The highest BCUT2D eigenvalue weighted by Crippen LogP contribution is 2.30. The Labute approximate surface area is 238 Å². The van der Waals surface area contributed by atoms with Gasteiger partial charge in [0.05, 0.1) is 11.9 Å². The smallest absolute Gasteiger partial charge is 0.299 e. The van der Waals surface area contributed by atoms with Gasteiger partial charge in [-0.15, -0.1) is 0 Å². The molecular formula is C31H32ClN5O3. The van der Waals surface area contributed by atoms with Crippen LogP contribution in [0.5, 0.6) is 11.5 Å². The maximum atomic E-state index is 13.8. The summed E-state index contributed by atoms with van der Waals surface area (Å²) in [5.41, 5.74) is 3.63. The summed E-state index contributed by atoms with van der Waals surface area (Å²) in [6, 6.07) is 19.8. The molecule has 4 aromatic rings. The van der Waals surface area contributed by atoms with Crippen molar-refractivity contribution in [3.05, 3.63) is 105 Å². The maximum Gasteiger partial charge on any atom is 0.299 e. The van der Waals surface area contributed by atoms with Gasteiger partial charge in [-0.2, -0.15) is 9.78 Å². The number of anilines is 2. The van der Waals surface area contributed by atoms with Crippen LogP contribution in [0.25, 0.3) is 5.69 Å². The lowest BCUT2D eigenvalue weighted by molar-refractivity contribution is 0.0643. The van der Waals surface area contributed by atoms with Crippen LogP contribution in [0.2, 0.25) is 5.02 Å². The normalized spacial score (nSPS) is 13.8. The fraction of sp³-hybridized carbons (Fsp3) is 0.258. The maximum absolute atomic E-state index is 13.8. The van der Waals surface area contributed by atoms with E-state index in [4.69, 9.17) is 16.3 Å². The van der Waals surface area contributed by atoms with Crippen LogP contribution in [0.15, 0.2) is 77.7 Å². The molecule has 5 rings (SSSR count). The van der Waals surface area contributed by atoms with E-state index in [1.54, 1.807) is 42.5 Å². The lowest BCUT2D eigenvalue weighted by Crippen LogP contribution is -2.48. The van der Waals surface area contributed by atoms with E-state index in [1.165, 1.54) is 10.9 Å². The first-order chi connectivity index (χ1) is 19.3. The molecule has 0 bridgehead atoms. The number of amides is 1. The van der Waals surface area contributed by atoms with Crippen molar-refractivity contribution in [1.29, 1.82) is 0 Å². The Hall–Kier alpha value is -4.14. The summed E-state index contributed by atoms with van der Waals surface area (Å²) < 4.78 is 7.43. The quantitative estimate of drug-likeness (QED) is 0.309. The third-order valence-electron chi connectivity index (χ3n) is 7.19. The fourth-order valence-corrected chi connectivity index (χ4v) is 4.84. The minimum absolute atomic E-state index is 0.0305. The Morgan fingerprint density at radius 1 is 0.975 bits per heavy atom. The number of benzene rings is 3. The molecule has 1 aromatic heterocycles. The summed E-state index contributed by atoms with van der Waals surface area (Å²) in [6.07, 6.45) is 1.50. The molecule has 0 saturated carbocycles. The second kappa shape index (κ2) is 11.9. The number of ether oxygens (including phenoxy) is 1. The van der Waals surface area contributed by atoms with Gasteiger partial charge in [0, 0.05) is 42.5 Å². The van der Waals surface area contributed by atoms with Crippen molar-refractivity contribution in [2.75, 3.05) is 38.0 Å². The second-order valence-electron chi connectivity index (χ2n) is 9.86. The molecule has 1 N–H and O–H groups in total. The predicted molar refractivity (Wildman–Crippen MR) is 159 cm³/mol. The average molecular weight is 558 g/mol. The van der Waals surface area contributed by atoms with Crippen molar-refractivity contribution in [2.24, 2.45) is 0 Å². The van der Waals surface area contributed by atoms with Crippen molar-refractivity contribution in [1.82, 2.24) is 19.6 Å². The Morgan fingerprint density at radius 2 is 1.75 bits per heavy atom. The van der Waals surface area contributed by atoms with E-state index < -0.39 is 5.56 Å². The van der Waals surface area contributed by atoms with Crippen LogP contribution in [-0.4, -0.2) is 58.2 Å². The number of nitrogens with zero attached hydrogens (tertiary/aromatic N) is 4. The Balaban J connectivity index is 1.49. The minimum atomic E-state index is -0.420. The standard InChI is InChI=1S/C31H32ClN5O3/c1-4-35-13-15-36(16-14-35)30(38)23-7-5-9-25(18-23)34-29-28(40-27-12-11-21(2)22(3)17-27)20-33-37(31(29)39)26-10-6-8-24(32)19-26/h5-12,17-20,34H,4,13-16H2,1-3H3. The Bertz CT molecular complexity index is 1590. The lowest BCUT2D eigenvalue weighted by Gasteiger charge is -2.34. The van der Waals surface area contributed by atoms with Crippen LogP contribution in [0.3, 0.4) is 0 Å². The first-order valence-corrected chi connectivity index (χ1v) is 13.7. The van der Waals surface area contributed by atoms with Gasteiger partial charge in [0.15, 0.2) is 11.4 Å². The number of aryl methyl sites for hydroxylation is 2. The summed E-state index contributed by atoms with van der Waals surface area (Å²) in [7, 11) is 0. The topological polar surface area (TPSA) is 79.7 Å². The zero-order chi connectivity index (χ0) is 28.2. The number of hydrogen-bond acceptors (Lipinski definition) is 6. The third kappa shape index (κ3) is 6.03. The number of hydrogen-bond donors (Lipinski definition) is 1. The largest absolute Gasteiger partial charge is 0.453 e. The average Bonchev–Trinajstić information content (AvgIpc) is 2.96. The number of likely N-dealkylation sites (N-methyl/N-ethyl adjacent to an activating group) is 1. The van der Waals surface area contributed by atoms with Crippen LogP contribution in [0.1, 0.15) is 28.4 Å². The molecule has 0 radical (unpaired) electrons. The number of carbonyl (C=O) groups excluding carboxylic acids is 1. The Kier molecular flexibility index (Phi) is 8.19. The molecular weight excluding hydrogens is 526 g/mol. The van der Waals surface area contributed by atoms with Gasteiger partial charge >= 0.3 is 0 Å². The highest BCUT2D eigenvalue weighted by atomic mass is 35.5. The molecule has 1 amide bonds. The number of carbonyl (C=O) groups is 1. The molecule has 40 heavy (non-hydrogen) atoms. The van der Waals surface area contributed by atoms with E-state index in [2.05, 4.69) is 22.2 Å². The van der Waals surface area contributed by atoms with Gasteiger partial charge < -0.3 is 19.9 Å². The van der Waals surface area contributed by atoms with Gasteiger partial charge in [-0.1, -0.05) is 36.7 Å². The SMILES string of the molecule is CCN1CCN(C(=O)c2cccc(Nc3c(Oc4ccc(C)c(C)c4)cnn(-c4cccc(Cl)c4)c3=O)c2)CC1. The molecule has 1 aliphatic rings. The molecule has 2 heterocycles. The molecule has 9 heteroatoms. The zero-order valence-electron chi connectivity index (χ0n) is 22.9. The lowest BCUT2D eigenvalue weighted by atomic mass is 10.1. The van der Waals surface area contributed by atoms with Crippen molar-refractivity contribution < 1.29 is 9.53 Å². The van der Waals surface area contributed by atoms with Crippen molar-refractivity contribution in [2.45, 2.75) is 20.8 Å². The summed E-state index contributed by atoms with van der Waals surface area (Å²) in [6.45, 7) is 10.2. The second-order valence-corrected chi connectivity index (χ2v) is 10.3. The minimum Gasteiger partial charge on any atom is -0.453 e. The van der Waals surface area contributed by atoms with Gasteiger partial charge in [-0.3, -0.25) is 9.59 Å². The van der Waals surface area contributed by atoms with Gasteiger partial charge in [0.1, 0.15) is 5.75 Å². The predicted octanol–water partition coefficient (Wildman–Crippen LogP) is 5.82. The monoisotopic (exact) mass is 557 g/mol. The number of rotatable bonds is 7. The molecule has 0 atom stereocenters. The van der Waals surface area contributed by atoms with E-state index in [0.29, 0.717) is 40.8 Å². The van der Waals surface area contributed by atoms with Crippen LogP contribution in [-0.2, 0) is 0 Å². The fourth-order valence-electron chi connectivity index (χ4n) is 4.65. The van der Waals surface area contributed by atoms with E-state index in [0.717, 1.165) is 30.8 Å². The molecule has 1 saturated heterocycles. The summed E-state index contributed by atoms with van der Waals surface area (Å²) in [5, 5.41) is 8.07. The van der Waals surface area contributed by atoms with Gasteiger partial charge in [0.25, 0.3) is 11.5 Å². The molecule has 0 spiro atoms. The van der Waals surface area contributed by atoms with Crippen LogP contribution >= 0.6 is 11.6 Å². The summed E-state index contributed by atoms with van der Waals surface area (Å²) in [4.78, 5) is 31.2. The molecule has 1 aliphatic heterocycles. The first-order valence-electron chi connectivity index (χ1n) is 13.3. The number of aromatic nitrogens is 2. The number of halogens is 1. The Morgan fingerprint density at radius 3 is 2.48 bits per heavy atom. The van der Waals surface area contributed by atoms with E-state index in [9.17, 15) is 9.59 Å². The van der Waals surface area contributed by atoms with E-state index in [1.807, 2.05) is 43.0 Å². The zero-order valence-corrected chi connectivity index (χ0v) is 23.6. The molecule has 3 aromatic carbocycles. The molecule has 206 valence electrons. The molecule has 0 aliphatic carbocycles. The molecule has 0 unspecified atom stereocenters. The summed E-state index contributed by atoms with van der Waals surface area (Å²) >= 11 is 6.19. The van der Waals surface area contributed by atoms with Crippen LogP contribution < -0.4 is 15.6 Å². The van der Waals surface area contributed by atoms with E-state index in [-0.39, 0.29) is 17.3 Å². The van der Waals surface area contributed by atoms with Crippen LogP contribution in [0.4, 0.5) is 11.4 Å². The van der Waals surface area contributed by atoms with Gasteiger partial charge in [0.2, 0.25) is 0 Å². The van der Waals surface area contributed by atoms with Gasteiger partial charge in [-0.05, 0) is 80.1 Å². The summed E-state index contributed by atoms with van der Waals surface area (Å²) in [5.74, 6) is 0.819. The number of nitrogens with one attached hydrogen (secondary N) is 1. The molecule has 8 nitrogen and oxygen atoms in total. The number of piperazine rings is 1. The highest BCUT2D eigenvalue weighted by molar-refractivity contribution is 6.30. The first kappa shape index (κ1) is 27.4. The highest BCUT2D eigenvalue weighted by Gasteiger charge is 2.22. The van der Waals surface area contributed by atoms with Crippen molar-refractivity contribution in [3.8, 4) is 17.2 Å². The van der Waals surface area contributed by atoms with Crippen molar-refractivity contribution in [3.63, 3.8) is 0 Å².